The molecule has 0 spiro atoms. The van der Waals surface area contributed by atoms with E-state index in [1.54, 1.807) is 18.3 Å². The number of urea groups is 1. The van der Waals surface area contributed by atoms with Crippen molar-refractivity contribution < 1.29 is 29.4 Å². The molecule has 13 nitrogen and oxygen atoms in total. The van der Waals surface area contributed by atoms with Gasteiger partial charge in [-0.05, 0) is 24.6 Å². The first-order chi connectivity index (χ1) is 15.7. The van der Waals surface area contributed by atoms with E-state index in [9.17, 15) is 19.8 Å². The Hall–Kier alpha value is -3.97. The second-order valence-electron chi connectivity index (χ2n) is 7.51. The van der Waals surface area contributed by atoms with Crippen LogP contribution in [0.4, 0.5) is 4.79 Å². The highest BCUT2D eigenvalue weighted by molar-refractivity contribution is 5.83. The molecule has 3 rings (SSSR count). The number of rotatable bonds is 10. The average molecular weight is 460 g/mol. The van der Waals surface area contributed by atoms with Crippen molar-refractivity contribution in [3.63, 3.8) is 0 Å². The van der Waals surface area contributed by atoms with Crippen LogP contribution < -0.4 is 16.4 Å². The largest absolute Gasteiger partial charge is 0.593 e. The van der Waals surface area contributed by atoms with E-state index in [4.69, 9.17) is 15.4 Å². The van der Waals surface area contributed by atoms with Gasteiger partial charge in [0.25, 0.3) is 11.6 Å². The number of hydrogen-bond donors (Lipinski definition) is 6. The SMILES string of the molecule is CC(O)[C@H](NC(=O)N[C@@H](Cc1ccc([OH2+])cc1)C(=O)O)c1nc([C@@H](N)Cc2cnc[nH]2)no1. The van der Waals surface area contributed by atoms with Crippen LogP contribution in [-0.2, 0) is 17.6 Å². The lowest BCUT2D eigenvalue weighted by molar-refractivity contribution is -0.139. The Bertz CT molecular complexity index is 1050. The monoisotopic (exact) mass is 460 g/mol. The molecule has 0 bridgehead atoms. The lowest BCUT2D eigenvalue weighted by Crippen LogP contribution is -2.49. The molecule has 176 valence electrons. The minimum Gasteiger partial charge on any atom is -0.593 e. The number of benzene rings is 1. The van der Waals surface area contributed by atoms with E-state index in [-0.39, 0.29) is 18.1 Å². The number of nitrogens with one attached hydrogen (secondary N) is 3. The molecule has 0 aliphatic heterocycles. The molecule has 0 radical (unpaired) electrons. The van der Waals surface area contributed by atoms with Crippen LogP contribution in [0.25, 0.3) is 0 Å². The second-order valence-corrected chi connectivity index (χ2v) is 7.51. The van der Waals surface area contributed by atoms with E-state index in [2.05, 4.69) is 30.7 Å². The van der Waals surface area contributed by atoms with E-state index in [1.807, 2.05) is 0 Å². The summed E-state index contributed by atoms with van der Waals surface area (Å²) in [6.45, 7) is 1.41. The van der Waals surface area contributed by atoms with Gasteiger partial charge in [-0.2, -0.15) is 4.98 Å². The lowest BCUT2D eigenvalue weighted by atomic mass is 10.1. The van der Waals surface area contributed by atoms with Crippen molar-refractivity contribution >= 4 is 12.0 Å². The maximum absolute atomic E-state index is 12.5. The molecular weight excluding hydrogens is 434 g/mol. The molecule has 2 amide bonds. The van der Waals surface area contributed by atoms with Gasteiger partial charge < -0.3 is 41.2 Å². The molecule has 0 aliphatic rings. The zero-order chi connectivity index (χ0) is 24.0. The number of H-pyrrole nitrogens is 1. The molecule has 0 fully saturated rings. The van der Waals surface area contributed by atoms with Gasteiger partial charge in [0.05, 0.1) is 18.5 Å². The molecule has 2 aromatic heterocycles. The predicted octanol–water partition coefficient (Wildman–Crippen LogP) is -0.110. The number of amides is 2. The minimum atomic E-state index is -1.24. The van der Waals surface area contributed by atoms with Gasteiger partial charge in [-0.25, -0.2) is 14.6 Å². The Morgan fingerprint density at radius 2 is 1.97 bits per heavy atom. The predicted molar refractivity (Wildman–Crippen MR) is 114 cm³/mol. The first-order valence-corrected chi connectivity index (χ1v) is 10.1. The molecule has 4 atom stereocenters. The molecule has 3 aromatic rings. The van der Waals surface area contributed by atoms with Gasteiger partial charge in [0.2, 0.25) is 0 Å². The number of nitrogens with two attached hydrogens (primary N) is 1. The maximum atomic E-state index is 12.5. The normalized spacial score (nSPS) is 14.8. The van der Waals surface area contributed by atoms with E-state index in [1.165, 1.54) is 25.4 Å². The maximum Gasteiger partial charge on any atom is 0.326 e. The molecule has 2 heterocycles. The van der Waals surface area contributed by atoms with Crippen LogP contribution in [0.15, 0.2) is 41.3 Å². The molecule has 9 N–H and O–H groups in total. The summed E-state index contributed by atoms with van der Waals surface area (Å²) in [4.78, 5) is 35.1. The fourth-order valence-electron chi connectivity index (χ4n) is 3.06. The first kappa shape index (κ1) is 23.7. The van der Waals surface area contributed by atoms with Crippen molar-refractivity contribution in [3.8, 4) is 5.75 Å². The summed E-state index contributed by atoms with van der Waals surface area (Å²) in [6.07, 6.45) is 2.39. The van der Waals surface area contributed by atoms with Crippen LogP contribution in [0.2, 0.25) is 0 Å². The van der Waals surface area contributed by atoms with Crippen LogP contribution in [-0.4, -0.2) is 59.6 Å². The summed E-state index contributed by atoms with van der Waals surface area (Å²) >= 11 is 0. The summed E-state index contributed by atoms with van der Waals surface area (Å²) in [5, 5.41) is 35.7. The smallest absolute Gasteiger partial charge is 0.326 e. The Morgan fingerprint density at radius 3 is 2.58 bits per heavy atom. The van der Waals surface area contributed by atoms with Crippen molar-refractivity contribution in [3.05, 3.63) is 59.8 Å². The lowest BCUT2D eigenvalue weighted by Gasteiger charge is -2.20. The van der Waals surface area contributed by atoms with E-state index in [0.29, 0.717) is 17.7 Å². The van der Waals surface area contributed by atoms with Crippen LogP contribution >= 0.6 is 0 Å². The number of aromatic amines is 1. The molecule has 33 heavy (non-hydrogen) atoms. The number of nitrogens with zero attached hydrogens (tertiary/aromatic N) is 3. The molecule has 0 saturated heterocycles. The van der Waals surface area contributed by atoms with Crippen LogP contribution in [0.3, 0.4) is 0 Å². The second kappa shape index (κ2) is 10.6. The van der Waals surface area contributed by atoms with Crippen molar-refractivity contribution in [1.29, 1.82) is 0 Å². The highest BCUT2D eigenvalue weighted by Gasteiger charge is 2.29. The third-order valence-corrected chi connectivity index (χ3v) is 4.82. The van der Waals surface area contributed by atoms with Crippen molar-refractivity contribution in [2.45, 2.75) is 44.0 Å². The number of aromatic nitrogens is 4. The average Bonchev–Trinajstić information content (AvgIpc) is 3.45. The van der Waals surface area contributed by atoms with Gasteiger partial charge in [0.15, 0.2) is 5.82 Å². The van der Waals surface area contributed by atoms with E-state index in [0.717, 1.165) is 5.69 Å². The van der Waals surface area contributed by atoms with Crippen molar-refractivity contribution in [2.24, 2.45) is 5.73 Å². The Kier molecular flexibility index (Phi) is 7.58. The number of imidazole rings is 1. The number of hydrogen-bond acceptors (Lipinski definition) is 8. The summed E-state index contributed by atoms with van der Waals surface area (Å²) in [7, 11) is 0. The Balaban J connectivity index is 1.64. The summed E-state index contributed by atoms with van der Waals surface area (Å²) in [6, 6.07) is 2.50. The highest BCUT2D eigenvalue weighted by atomic mass is 16.5. The molecule has 1 unspecified atom stereocenters. The quantitative estimate of drug-likeness (QED) is 0.222. The van der Waals surface area contributed by atoms with Gasteiger partial charge in [-0.3, -0.25) is 0 Å². The number of aliphatic carboxylic acids is 1. The zero-order valence-corrected chi connectivity index (χ0v) is 17.7. The van der Waals surface area contributed by atoms with Crippen molar-refractivity contribution in [1.82, 2.24) is 30.7 Å². The van der Waals surface area contributed by atoms with Gasteiger partial charge in [-0.15, -0.1) is 0 Å². The van der Waals surface area contributed by atoms with Gasteiger partial charge >= 0.3 is 12.0 Å². The van der Waals surface area contributed by atoms with Gasteiger partial charge in [-0.1, -0.05) is 5.16 Å². The molecule has 0 aliphatic carbocycles. The standard InChI is InChI=1S/C20H25N7O6/c1-10(28)16(18-26-17(27-33-18)14(21)7-12-8-22-9-23-12)25-20(32)24-15(19(30)31)6-11-2-4-13(29)5-3-11/h2-5,8-10,14-16,28-29H,6-7,21H2,1H3,(H,22,23)(H,30,31)(H2,24,25,32)/p+1/t10?,14-,15-,16-/m0/s1. The van der Waals surface area contributed by atoms with Gasteiger partial charge in [0.1, 0.15) is 12.1 Å². The Morgan fingerprint density at radius 1 is 1.24 bits per heavy atom. The van der Waals surface area contributed by atoms with Crippen LogP contribution in [0.5, 0.6) is 5.75 Å². The highest BCUT2D eigenvalue weighted by Crippen LogP contribution is 2.19. The summed E-state index contributed by atoms with van der Waals surface area (Å²) in [5.41, 5.74) is 7.50. The Labute approximate surface area is 188 Å². The van der Waals surface area contributed by atoms with Gasteiger partial charge in [0, 0.05) is 36.9 Å². The number of carbonyl (C=O) groups is 2. The summed E-state index contributed by atoms with van der Waals surface area (Å²) in [5.74, 6) is -0.848. The number of carbonyl (C=O) groups excluding carboxylic acids is 1. The zero-order valence-electron chi connectivity index (χ0n) is 17.7. The topological polar surface area (TPSA) is 215 Å². The number of carboxylic acids is 1. The fraction of sp³-hybridized carbons (Fsp3) is 0.350. The molecular formula is C20H26N7O6+. The third-order valence-electron chi connectivity index (χ3n) is 4.82. The van der Waals surface area contributed by atoms with E-state index < -0.39 is 36.2 Å². The van der Waals surface area contributed by atoms with E-state index >= 15 is 0 Å². The third kappa shape index (κ3) is 6.51. The fourth-order valence-corrected chi connectivity index (χ4v) is 3.06. The molecule has 13 heteroatoms. The number of aliphatic hydroxyl groups is 1. The van der Waals surface area contributed by atoms with Crippen LogP contribution in [0.1, 0.15) is 42.0 Å². The number of aliphatic hydroxyl groups excluding tert-OH is 1. The van der Waals surface area contributed by atoms with Crippen molar-refractivity contribution in [2.75, 3.05) is 0 Å². The molecule has 1 aromatic carbocycles. The first-order valence-electron chi connectivity index (χ1n) is 10.1. The molecule has 0 saturated carbocycles. The summed E-state index contributed by atoms with van der Waals surface area (Å²) < 4.78 is 5.19. The van der Waals surface area contributed by atoms with Crippen LogP contribution in [0, 0.1) is 0 Å². The minimum absolute atomic E-state index is 0.00946. The number of carboxylic acid groups (broad SMARTS) is 1.